The van der Waals surface area contributed by atoms with E-state index in [1.165, 1.54) is 6.07 Å². The molecule has 2 unspecified atom stereocenters. The molecule has 0 radical (unpaired) electrons. The summed E-state index contributed by atoms with van der Waals surface area (Å²) in [7, 11) is 4.81. The molecule has 0 aromatic heterocycles. The lowest BCUT2D eigenvalue weighted by molar-refractivity contribution is -0.137. The number of ether oxygens (including phenoxy) is 4. The summed E-state index contributed by atoms with van der Waals surface area (Å²) in [5.41, 5.74) is 65.1. The molecule has 0 heterocycles. The quantitative estimate of drug-likeness (QED) is 0.00775. The maximum absolute atomic E-state index is 12.6. The van der Waals surface area contributed by atoms with E-state index in [2.05, 4.69) is 5.84 Å². The predicted octanol–water partition coefficient (Wildman–Crippen LogP) is 7.67. The lowest BCUT2D eigenvalue weighted by Gasteiger charge is -2.23. The first-order valence-corrected chi connectivity index (χ1v) is 42.7. The number of halogens is 5. The van der Waals surface area contributed by atoms with Gasteiger partial charge in [0.1, 0.15) is 41.5 Å². The van der Waals surface area contributed by atoms with Crippen molar-refractivity contribution in [1.29, 1.82) is 0 Å². The van der Waals surface area contributed by atoms with Gasteiger partial charge in [-0.3, -0.25) is 63.0 Å². The van der Waals surface area contributed by atoms with Gasteiger partial charge in [0.05, 0.1) is 103 Å². The van der Waals surface area contributed by atoms with Crippen LogP contribution in [0, 0.1) is 11.6 Å². The maximum Gasteiger partial charge on any atom is 0.302 e. The van der Waals surface area contributed by atoms with Gasteiger partial charge in [0.15, 0.2) is 69.5 Å². The van der Waals surface area contributed by atoms with Crippen molar-refractivity contribution in [3.05, 3.63) is 325 Å². The van der Waals surface area contributed by atoms with E-state index in [0.29, 0.717) is 64.0 Å². The Morgan fingerprint density at radius 3 is 1.16 bits per heavy atom. The number of aromatic hydroxyl groups is 1. The molecule has 10 aromatic carbocycles. The minimum Gasteiger partial charge on any atom is -0.508 e. The van der Waals surface area contributed by atoms with E-state index in [0.717, 1.165) is 68.3 Å². The number of amides is 1. The van der Waals surface area contributed by atoms with E-state index in [-0.39, 0.29) is 155 Å². The molecule has 135 heavy (non-hydrogen) atoms. The number of carbonyl (C=O) groups excluding carboxylic acids is 12. The van der Waals surface area contributed by atoms with Crippen molar-refractivity contribution in [1.82, 2.24) is 5.43 Å². The zero-order valence-corrected chi connectivity index (χ0v) is 78.6. The maximum atomic E-state index is 12.6. The summed E-state index contributed by atoms with van der Waals surface area (Å²) in [5.74, 6) is 3.65. The molecule has 31 nitrogen and oxygen atoms in total. The van der Waals surface area contributed by atoms with Gasteiger partial charge in [0.2, 0.25) is 5.78 Å². The number of aliphatic hydroxyl groups is 1. The lowest BCUT2D eigenvalue weighted by atomic mass is 9.80. The zero-order valence-electron chi connectivity index (χ0n) is 76.3. The summed E-state index contributed by atoms with van der Waals surface area (Å²) in [6, 6.07) is 72.3. The van der Waals surface area contributed by atoms with E-state index >= 15 is 0 Å². The first kappa shape index (κ1) is 122. The van der Waals surface area contributed by atoms with Crippen LogP contribution in [-0.4, -0.2) is 180 Å². The van der Waals surface area contributed by atoms with Gasteiger partial charge in [-0.05, 0) is 161 Å². The Bertz CT molecular complexity index is 5130. The van der Waals surface area contributed by atoms with Crippen LogP contribution in [0.1, 0.15) is 82.9 Å². The highest BCUT2D eigenvalue weighted by Gasteiger charge is 2.29. The van der Waals surface area contributed by atoms with Crippen LogP contribution < -0.4 is 93.3 Å². The smallest absolute Gasteiger partial charge is 0.302 e. The van der Waals surface area contributed by atoms with E-state index in [9.17, 15) is 71.4 Å². The summed E-state index contributed by atoms with van der Waals surface area (Å²) in [6.45, 7) is 5.74. The van der Waals surface area contributed by atoms with E-state index in [4.69, 9.17) is 122 Å². The number of carbonyl (C=O) groups is 12. The number of hydrogen-bond acceptors (Lipinski definition) is 30. The number of para-hydroxylation sites is 1. The SMILES string of the molecule is COc1cccc(C(C)(C)C(=O)CN)c1.COc1cccc(C(C)C(=O)CN)c1.COc1cccc(CC(=O)CN)c1.NCC(=O)C(=O)NN.NCC(=O)C(O)c1ccccc1.NCC(=O)COc1ccccc1.NCC(=O)Cc1ccc(Cl)c(Cl)c1.NCC(=O)Cc1ccc(F)c(F)c1.NCC(=O)Cc1cccc(Cl)c1.NCC(=O)Cc1cccc(O)c1.NCC(=O)Cc1ccccc1. The standard InChI is InChI=1S/C12H17NO2.C11H15NO2.C10H13NO2.C9H9Cl2NO.C9H10ClNO.C9H9F2NO.3C9H11NO2.C9H11NO.C3H7N3O2/c1-12(2,11(14)8-13)9-5-4-6-10(7-9)15-3;1-8(11(13)7-12)9-4-3-5-10(6-9)14-2;1-13-10-4-2-3-8(6-10)5-9(12)7-11;10-8-2-1-6(4-9(8)11)3-7(13)5-12;10-8-3-1-2-7(4-8)5-9(12)6-11;10-8-2-1-6(4-9(8)11)3-7(13)5-12;10-6-9(12)5-7-2-1-3-8(11)4-7;10-6-8(11)7-12-9-4-2-1-3-5-9;10-6-8(11)9(12)7-4-2-1-3-5-7;10-7-9(11)6-8-4-2-1-3-5-8;4-1-2(7)3(8)6-5/h4-7H,8,13H2,1-3H3;3-6,8H,7,12H2,1-2H3;2-4,6H,5,7,11H2,1H3;1-2,4H,3,5,12H2;1-4H,5-6,11H2;1-2,4H,3,5,12H2;1-4,11H,5-6,10H2;1-5H,6-7,10H2;1-5,9,12H,6,10H2;1-5H,6-7,10H2;1,4-5H2,(H,6,8). The summed E-state index contributed by atoms with van der Waals surface area (Å²) < 4.78 is 45.4. The molecule has 0 aliphatic rings. The van der Waals surface area contributed by atoms with Gasteiger partial charge >= 0.3 is 5.91 Å². The average Bonchev–Trinajstić information content (AvgIpc) is 0.819. The Hall–Kier alpha value is -12.8. The van der Waals surface area contributed by atoms with Crippen LogP contribution in [0.5, 0.6) is 28.7 Å². The van der Waals surface area contributed by atoms with E-state index < -0.39 is 34.8 Å². The van der Waals surface area contributed by atoms with E-state index in [1.54, 1.807) is 118 Å². The third-order valence-corrected chi connectivity index (χ3v) is 19.0. The number of rotatable bonds is 36. The Balaban J connectivity index is 0.00000147. The molecule has 27 N–H and O–H groups in total. The number of phenols is 1. The van der Waals surface area contributed by atoms with Crippen molar-refractivity contribution in [3.8, 4) is 28.7 Å². The van der Waals surface area contributed by atoms with Crippen LogP contribution in [0.15, 0.2) is 249 Å². The van der Waals surface area contributed by atoms with Gasteiger partial charge < -0.3 is 92.2 Å². The van der Waals surface area contributed by atoms with Gasteiger partial charge in [-0.25, -0.2) is 14.6 Å². The summed E-state index contributed by atoms with van der Waals surface area (Å²) >= 11 is 17.2. The highest BCUT2D eigenvalue weighted by molar-refractivity contribution is 6.42. The van der Waals surface area contributed by atoms with Gasteiger partial charge in [0, 0.05) is 54.9 Å². The molecule has 0 saturated heterocycles. The number of hydrazine groups is 1. The number of nitrogens with one attached hydrogen (secondary N) is 1. The molecule has 10 aromatic rings. The monoisotopic (exact) mass is 1930 g/mol. The zero-order chi connectivity index (χ0) is 102. The molecule has 0 fully saturated rings. The van der Waals surface area contributed by atoms with Crippen LogP contribution in [0.4, 0.5) is 8.78 Å². The minimum atomic E-state index is -1.07. The predicted molar refractivity (Wildman–Crippen MR) is 522 cm³/mol. The molecule has 0 spiro atoms. The lowest BCUT2D eigenvalue weighted by Crippen LogP contribution is -2.39. The van der Waals surface area contributed by atoms with Crippen molar-refractivity contribution in [2.75, 3.05) is 99.9 Å². The number of Topliss-reactive ketones (excluding diaryl/α,β-unsaturated/α-hetero) is 11. The number of nitrogens with two attached hydrogens (primary N) is 12. The van der Waals surface area contributed by atoms with Crippen molar-refractivity contribution in [2.45, 2.75) is 76.7 Å². The third-order valence-electron chi connectivity index (χ3n) is 18.0. The molecule has 0 aliphatic carbocycles. The van der Waals surface area contributed by atoms with Crippen molar-refractivity contribution in [2.24, 2.45) is 68.9 Å². The molecule has 0 aliphatic heterocycles. The van der Waals surface area contributed by atoms with Crippen molar-refractivity contribution < 1.29 is 95.5 Å². The topological polar surface area (TPSA) is 606 Å². The Morgan fingerprint density at radius 2 is 0.741 bits per heavy atom. The number of hydrogen-bond donors (Lipinski definition) is 15. The summed E-state index contributed by atoms with van der Waals surface area (Å²) in [5, 5.41) is 20.0. The number of phenolic OH excluding ortho intramolecular Hbond substituents is 1. The first-order chi connectivity index (χ1) is 64.3. The number of benzene rings is 10. The fourth-order valence-electron chi connectivity index (χ4n) is 10.3. The number of ketones is 11. The fourth-order valence-corrected chi connectivity index (χ4v) is 10.9. The Morgan fingerprint density at radius 1 is 0.363 bits per heavy atom. The second-order valence-corrected chi connectivity index (χ2v) is 30.0. The van der Waals surface area contributed by atoms with Crippen molar-refractivity contribution in [3.63, 3.8) is 0 Å². The third kappa shape index (κ3) is 54.3. The molecule has 36 heteroatoms. The van der Waals surface area contributed by atoms with Gasteiger partial charge in [-0.1, -0.05) is 193 Å². The first-order valence-electron chi connectivity index (χ1n) is 41.5. The molecule has 2 atom stereocenters. The van der Waals surface area contributed by atoms with Gasteiger partial charge in [-0.15, -0.1) is 0 Å². The van der Waals surface area contributed by atoms with Crippen molar-refractivity contribution >= 4 is 104 Å². The van der Waals surface area contributed by atoms with Crippen LogP contribution in [0.2, 0.25) is 15.1 Å². The van der Waals surface area contributed by atoms with Crippen LogP contribution >= 0.6 is 34.8 Å². The highest BCUT2D eigenvalue weighted by Crippen LogP contribution is 2.28. The largest absolute Gasteiger partial charge is 0.508 e. The van der Waals surface area contributed by atoms with Crippen LogP contribution in [0.25, 0.3) is 0 Å². The number of aliphatic hydroxyl groups excluding tert-OH is 1. The van der Waals surface area contributed by atoms with E-state index in [1.807, 2.05) is 160 Å². The van der Waals surface area contributed by atoms with Gasteiger partial charge in [0.25, 0.3) is 0 Å². The van der Waals surface area contributed by atoms with Crippen LogP contribution in [0.3, 0.4) is 0 Å². The molecular formula is C99H124Cl3F2N13O18. The second-order valence-electron chi connectivity index (χ2n) is 28.7. The summed E-state index contributed by atoms with van der Waals surface area (Å²) in [4.78, 5) is 130. The molecule has 10 rings (SSSR count). The second kappa shape index (κ2) is 71.8. The highest BCUT2D eigenvalue weighted by atomic mass is 35.5. The minimum absolute atomic E-state index is 0.0154. The fraction of sp³-hybridized carbons (Fsp3) is 0.273. The molecule has 0 bridgehead atoms. The molecule has 0 saturated carbocycles. The normalized spacial score (nSPS) is 10.3. The molecule has 728 valence electrons. The van der Waals surface area contributed by atoms with Crippen LogP contribution in [-0.2, 0) is 101 Å². The number of methoxy groups -OCH3 is 3. The Labute approximate surface area is 800 Å². The molecular weight excluding hydrogens is 1800 g/mol. The Kier molecular flexibility index (Phi) is 65.0. The van der Waals surface area contributed by atoms with Gasteiger partial charge in [-0.2, -0.15) is 0 Å². The summed E-state index contributed by atoms with van der Waals surface area (Å²) in [6.07, 6.45) is 0.796. The molecule has 1 amide bonds. The average molecular weight is 1930 g/mol.